The summed E-state index contributed by atoms with van der Waals surface area (Å²) in [6.45, 7) is 3.76. The van der Waals surface area contributed by atoms with Gasteiger partial charge in [0, 0.05) is 39.5 Å². The van der Waals surface area contributed by atoms with Crippen molar-refractivity contribution >= 4 is 29.1 Å². The van der Waals surface area contributed by atoms with Gasteiger partial charge in [-0.1, -0.05) is 12.1 Å². The number of amides is 3. The summed E-state index contributed by atoms with van der Waals surface area (Å²) in [5, 5.41) is 5.42. The van der Waals surface area contributed by atoms with Gasteiger partial charge in [0.25, 0.3) is 0 Å². The number of carbonyl (C=O) groups is 3. The predicted octanol–water partition coefficient (Wildman–Crippen LogP) is 3.52. The molecule has 1 heterocycles. The number of hydrogen-bond acceptors (Lipinski definition) is 5. The molecule has 0 aliphatic carbocycles. The second-order valence-electron chi connectivity index (χ2n) is 8.22. The Labute approximate surface area is 201 Å². The first-order chi connectivity index (χ1) is 16.5. The maximum absolute atomic E-state index is 12.9. The fourth-order valence-electron chi connectivity index (χ4n) is 3.98. The summed E-state index contributed by atoms with van der Waals surface area (Å²) in [6, 6.07) is 9.06. The van der Waals surface area contributed by atoms with Crippen LogP contribution in [0.3, 0.4) is 0 Å². The number of piperazine rings is 1. The molecule has 1 atom stereocenters. The Morgan fingerprint density at radius 3 is 2.26 bits per heavy atom. The van der Waals surface area contributed by atoms with Crippen LogP contribution in [0.2, 0.25) is 0 Å². The lowest BCUT2D eigenvalue weighted by atomic mass is 10.0. The van der Waals surface area contributed by atoms with E-state index < -0.39 is 17.8 Å². The molecule has 0 bridgehead atoms. The van der Waals surface area contributed by atoms with Crippen molar-refractivity contribution in [2.45, 2.75) is 26.1 Å². The standard InChI is InChI=1S/C24H27F3N4O4/c1-15(32)28-20-9-8-19(35-3)12-21(20)29-23(34)14-30-10-11-31(16(2)33)22(13-30)17-4-6-18(7-5-17)24(25,26)27/h4-9,12,22H,10-11,13-14H2,1-3H3,(H,28,32)(H,29,34)/t22-/m0/s1. The minimum atomic E-state index is -4.45. The summed E-state index contributed by atoms with van der Waals surface area (Å²) in [6.07, 6.45) is -4.45. The lowest BCUT2D eigenvalue weighted by Crippen LogP contribution is -2.51. The number of methoxy groups -OCH3 is 1. The van der Waals surface area contributed by atoms with Crippen molar-refractivity contribution in [3.8, 4) is 5.75 Å². The third-order valence-electron chi connectivity index (χ3n) is 5.67. The van der Waals surface area contributed by atoms with Gasteiger partial charge in [-0.05, 0) is 29.8 Å². The second-order valence-corrected chi connectivity index (χ2v) is 8.22. The maximum Gasteiger partial charge on any atom is 0.416 e. The van der Waals surface area contributed by atoms with E-state index in [0.29, 0.717) is 35.8 Å². The van der Waals surface area contributed by atoms with Crippen LogP contribution in [0.4, 0.5) is 24.5 Å². The highest BCUT2D eigenvalue weighted by molar-refractivity contribution is 5.99. The number of rotatable bonds is 6. The van der Waals surface area contributed by atoms with Gasteiger partial charge in [0.05, 0.1) is 36.6 Å². The number of anilines is 2. The number of carbonyl (C=O) groups excluding carboxylic acids is 3. The van der Waals surface area contributed by atoms with E-state index in [1.807, 2.05) is 4.90 Å². The Bertz CT molecular complexity index is 1090. The van der Waals surface area contributed by atoms with E-state index in [4.69, 9.17) is 4.74 Å². The van der Waals surface area contributed by atoms with Crippen molar-refractivity contribution in [3.63, 3.8) is 0 Å². The summed E-state index contributed by atoms with van der Waals surface area (Å²) >= 11 is 0. The van der Waals surface area contributed by atoms with Crippen molar-refractivity contribution in [2.24, 2.45) is 0 Å². The number of hydrogen-bond donors (Lipinski definition) is 2. The van der Waals surface area contributed by atoms with Gasteiger partial charge in [-0.25, -0.2) is 0 Å². The Morgan fingerprint density at radius 2 is 1.69 bits per heavy atom. The second kappa shape index (κ2) is 10.8. The number of nitrogens with zero attached hydrogens (tertiary/aromatic N) is 2. The van der Waals surface area contributed by atoms with Crippen LogP contribution < -0.4 is 15.4 Å². The molecule has 3 amide bonds. The highest BCUT2D eigenvalue weighted by atomic mass is 19.4. The topological polar surface area (TPSA) is 91.0 Å². The molecule has 1 aliphatic heterocycles. The summed E-state index contributed by atoms with van der Waals surface area (Å²) in [7, 11) is 1.48. The van der Waals surface area contributed by atoms with Crippen LogP contribution in [0.5, 0.6) is 5.75 Å². The lowest BCUT2D eigenvalue weighted by molar-refractivity contribution is -0.138. The van der Waals surface area contributed by atoms with Crippen LogP contribution in [0, 0.1) is 0 Å². The molecule has 1 fully saturated rings. The Balaban J connectivity index is 1.74. The molecule has 0 radical (unpaired) electrons. The summed E-state index contributed by atoms with van der Waals surface area (Å²) in [5.74, 6) is -0.361. The van der Waals surface area contributed by atoms with Crippen molar-refractivity contribution in [1.29, 1.82) is 0 Å². The first kappa shape index (κ1) is 26.0. The summed E-state index contributed by atoms with van der Waals surface area (Å²) < 4.78 is 44.0. The van der Waals surface area contributed by atoms with E-state index in [1.165, 1.54) is 33.1 Å². The molecule has 35 heavy (non-hydrogen) atoms. The number of ether oxygens (including phenoxy) is 1. The predicted molar refractivity (Wildman–Crippen MR) is 124 cm³/mol. The highest BCUT2D eigenvalue weighted by Gasteiger charge is 2.33. The molecule has 2 N–H and O–H groups in total. The molecular weight excluding hydrogens is 465 g/mol. The Morgan fingerprint density at radius 1 is 1.00 bits per heavy atom. The van der Waals surface area contributed by atoms with E-state index in [-0.39, 0.29) is 30.8 Å². The summed E-state index contributed by atoms with van der Waals surface area (Å²) in [5.41, 5.74) is 0.567. The van der Waals surface area contributed by atoms with E-state index in [2.05, 4.69) is 10.6 Å². The first-order valence-corrected chi connectivity index (χ1v) is 10.9. The fraction of sp³-hybridized carbons (Fsp3) is 0.375. The molecule has 1 aliphatic rings. The van der Waals surface area contributed by atoms with Gasteiger partial charge in [-0.3, -0.25) is 19.3 Å². The average Bonchev–Trinajstić information content (AvgIpc) is 2.79. The number of benzene rings is 2. The van der Waals surface area contributed by atoms with Crippen LogP contribution in [0.15, 0.2) is 42.5 Å². The van der Waals surface area contributed by atoms with E-state index in [1.54, 1.807) is 23.1 Å². The van der Waals surface area contributed by atoms with Crippen LogP contribution in [-0.4, -0.2) is 60.8 Å². The van der Waals surface area contributed by atoms with Gasteiger partial charge >= 0.3 is 6.18 Å². The van der Waals surface area contributed by atoms with Crippen LogP contribution in [-0.2, 0) is 20.6 Å². The summed E-state index contributed by atoms with van der Waals surface area (Å²) in [4.78, 5) is 39.9. The van der Waals surface area contributed by atoms with Crippen molar-refractivity contribution in [3.05, 3.63) is 53.6 Å². The molecule has 1 saturated heterocycles. The third kappa shape index (κ3) is 6.72. The quantitative estimate of drug-likeness (QED) is 0.644. The molecule has 0 aromatic heterocycles. The van der Waals surface area contributed by atoms with Crippen LogP contribution in [0.25, 0.3) is 0 Å². The largest absolute Gasteiger partial charge is 0.497 e. The van der Waals surface area contributed by atoms with E-state index in [9.17, 15) is 27.6 Å². The van der Waals surface area contributed by atoms with Crippen LogP contribution in [0.1, 0.15) is 31.0 Å². The molecule has 3 rings (SSSR count). The Kier molecular flexibility index (Phi) is 8.00. The Hall–Kier alpha value is -3.60. The molecule has 11 heteroatoms. The van der Waals surface area contributed by atoms with Gasteiger partial charge < -0.3 is 20.3 Å². The number of halogens is 3. The smallest absolute Gasteiger partial charge is 0.416 e. The number of alkyl halides is 3. The van der Waals surface area contributed by atoms with Crippen molar-refractivity contribution in [1.82, 2.24) is 9.80 Å². The molecule has 0 unspecified atom stereocenters. The molecule has 0 saturated carbocycles. The van der Waals surface area contributed by atoms with E-state index in [0.717, 1.165) is 12.1 Å². The zero-order valence-electron chi connectivity index (χ0n) is 19.6. The number of nitrogens with one attached hydrogen (secondary N) is 2. The normalized spacial score (nSPS) is 16.5. The van der Waals surface area contributed by atoms with Gasteiger partial charge in [0.1, 0.15) is 5.75 Å². The van der Waals surface area contributed by atoms with Crippen molar-refractivity contribution < 1.29 is 32.3 Å². The van der Waals surface area contributed by atoms with Gasteiger partial charge in [-0.15, -0.1) is 0 Å². The van der Waals surface area contributed by atoms with Gasteiger partial charge in [0.2, 0.25) is 17.7 Å². The van der Waals surface area contributed by atoms with Gasteiger partial charge in [0.15, 0.2) is 0 Å². The van der Waals surface area contributed by atoms with Crippen LogP contribution >= 0.6 is 0 Å². The highest BCUT2D eigenvalue weighted by Crippen LogP contribution is 2.32. The molecule has 188 valence electrons. The lowest BCUT2D eigenvalue weighted by Gasteiger charge is -2.41. The molecule has 2 aromatic rings. The zero-order valence-corrected chi connectivity index (χ0v) is 19.6. The van der Waals surface area contributed by atoms with E-state index >= 15 is 0 Å². The monoisotopic (exact) mass is 492 g/mol. The molecule has 2 aromatic carbocycles. The minimum absolute atomic E-state index is 0.0143. The SMILES string of the molecule is COc1ccc(NC(C)=O)c(NC(=O)CN2CCN(C(C)=O)[C@H](c3ccc(C(F)(F)F)cc3)C2)c1. The molecule has 0 spiro atoms. The first-order valence-electron chi connectivity index (χ1n) is 10.9. The van der Waals surface area contributed by atoms with Crippen molar-refractivity contribution in [2.75, 3.05) is 43.9 Å². The zero-order chi connectivity index (χ0) is 25.8. The molecular formula is C24H27F3N4O4. The van der Waals surface area contributed by atoms with Gasteiger partial charge in [-0.2, -0.15) is 13.2 Å². The molecule has 8 nitrogen and oxygen atoms in total. The average molecular weight is 492 g/mol. The maximum atomic E-state index is 12.9. The third-order valence-corrected chi connectivity index (χ3v) is 5.67. The minimum Gasteiger partial charge on any atom is -0.497 e. The fourth-order valence-corrected chi connectivity index (χ4v) is 3.98.